The van der Waals surface area contributed by atoms with Crippen LogP contribution in [0.4, 0.5) is 11.4 Å². The molecule has 1 heterocycles. The molecule has 160 valence electrons. The molecule has 31 heavy (non-hydrogen) atoms. The lowest BCUT2D eigenvalue weighted by atomic mass is 10.1. The van der Waals surface area contributed by atoms with Gasteiger partial charge in [-0.2, -0.15) is 5.10 Å². The van der Waals surface area contributed by atoms with Crippen molar-refractivity contribution in [3.8, 4) is 11.3 Å². The summed E-state index contributed by atoms with van der Waals surface area (Å²) in [6.07, 6.45) is 0. The number of aromatic nitrogens is 2. The summed E-state index contributed by atoms with van der Waals surface area (Å²) in [6.45, 7) is 8.81. The van der Waals surface area contributed by atoms with Gasteiger partial charge < -0.3 is 10.6 Å². The Bertz CT molecular complexity index is 1190. The van der Waals surface area contributed by atoms with Gasteiger partial charge in [0.2, 0.25) is 11.8 Å². The number of carbonyl (C=O) groups excluding carboxylic acids is 2. The highest BCUT2D eigenvalue weighted by atomic mass is 16.2. The minimum atomic E-state index is -0.813. The quantitative estimate of drug-likeness (QED) is 0.655. The first-order valence-electron chi connectivity index (χ1n) is 10.0. The molecule has 2 aromatic carbocycles. The molecule has 0 radical (unpaired) electrons. The second kappa shape index (κ2) is 8.95. The van der Waals surface area contributed by atoms with Gasteiger partial charge in [0.05, 0.1) is 5.69 Å². The average molecular weight is 418 g/mol. The molecule has 0 aliphatic heterocycles. The summed E-state index contributed by atoms with van der Waals surface area (Å²) < 4.78 is 1.18. The number of para-hydroxylation sites is 1. The number of aryl methyl sites for hydroxylation is 3. The van der Waals surface area contributed by atoms with E-state index in [1.54, 1.807) is 19.1 Å². The molecule has 0 unspecified atom stereocenters. The Morgan fingerprint density at radius 1 is 0.935 bits per heavy atom. The fourth-order valence-electron chi connectivity index (χ4n) is 3.31. The molecule has 0 bridgehead atoms. The van der Waals surface area contributed by atoms with Gasteiger partial charge in [-0.3, -0.25) is 14.4 Å². The van der Waals surface area contributed by atoms with Crippen LogP contribution in [-0.2, 0) is 9.59 Å². The summed E-state index contributed by atoms with van der Waals surface area (Å²) in [5.74, 6) is -0.498. The molecule has 0 saturated heterocycles. The van der Waals surface area contributed by atoms with Crippen molar-refractivity contribution in [3.63, 3.8) is 0 Å². The predicted molar refractivity (Wildman–Crippen MR) is 122 cm³/mol. The second-order valence-electron chi connectivity index (χ2n) is 7.64. The zero-order valence-electron chi connectivity index (χ0n) is 18.3. The van der Waals surface area contributed by atoms with E-state index in [1.807, 2.05) is 51.1 Å². The van der Waals surface area contributed by atoms with Crippen LogP contribution in [-0.4, -0.2) is 21.6 Å². The average Bonchev–Trinajstić information content (AvgIpc) is 2.72. The molecule has 0 aliphatic rings. The van der Waals surface area contributed by atoms with Gasteiger partial charge in [0, 0.05) is 29.9 Å². The van der Waals surface area contributed by atoms with Crippen LogP contribution in [0.25, 0.3) is 11.3 Å². The van der Waals surface area contributed by atoms with Crippen LogP contribution in [0.2, 0.25) is 0 Å². The number of hydrogen-bond acceptors (Lipinski definition) is 4. The Hall–Kier alpha value is -3.74. The lowest BCUT2D eigenvalue weighted by Crippen LogP contribution is -2.33. The van der Waals surface area contributed by atoms with Gasteiger partial charge in [-0.1, -0.05) is 30.3 Å². The topological polar surface area (TPSA) is 93.1 Å². The molecule has 2 N–H and O–H groups in total. The number of nitrogens with one attached hydrogen (secondary N) is 2. The van der Waals surface area contributed by atoms with Gasteiger partial charge in [-0.15, -0.1) is 0 Å². The number of nitrogens with zero attached hydrogens (tertiary/aromatic N) is 2. The molecule has 7 heteroatoms. The first-order valence-corrected chi connectivity index (χ1v) is 10.0. The Morgan fingerprint density at radius 2 is 1.61 bits per heavy atom. The first kappa shape index (κ1) is 22.0. The van der Waals surface area contributed by atoms with Crippen molar-refractivity contribution in [3.05, 3.63) is 75.6 Å². The van der Waals surface area contributed by atoms with E-state index in [0.29, 0.717) is 11.4 Å². The number of carbonyl (C=O) groups is 2. The van der Waals surface area contributed by atoms with Gasteiger partial charge in [0.1, 0.15) is 6.04 Å². The van der Waals surface area contributed by atoms with Crippen LogP contribution in [0, 0.1) is 20.8 Å². The molecule has 0 saturated carbocycles. The van der Waals surface area contributed by atoms with Crippen molar-refractivity contribution < 1.29 is 9.59 Å². The van der Waals surface area contributed by atoms with E-state index in [-0.39, 0.29) is 17.4 Å². The van der Waals surface area contributed by atoms with E-state index in [0.717, 1.165) is 27.9 Å². The van der Waals surface area contributed by atoms with Gasteiger partial charge >= 0.3 is 0 Å². The van der Waals surface area contributed by atoms with E-state index in [9.17, 15) is 14.4 Å². The number of amides is 2. The van der Waals surface area contributed by atoms with Crippen LogP contribution in [0.5, 0.6) is 0 Å². The van der Waals surface area contributed by atoms with Crippen LogP contribution in [0.1, 0.15) is 36.6 Å². The first-order chi connectivity index (χ1) is 14.7. The van der Waals surface area contributed by atoms with Crippen LogP contribution in [0.3, 0.4) is 0 Å². The normalized spacial score (nSPS) is 11.6. The maximum absolute atomic E-state index is 12.9. The van der Waals surface area contributed by atoms with E-state index >= 15 is 0 Å². The van der Waals surface area contributed by atoms with E-state index < -0.39 is 6.04 Å². The Labute approximate surface area is 181 Å². The third-order valence-corrected chi connectivity index (χ3v) is 5.14. The zero-order chi connectivity index (χ0) is 22.7. The molecule has 0 spiro atoms. The zero-order valence-corrected chi connectivity index (χ0v) is 18.3. The molecule has 1 aromatic heterocycles. The molecular formula is C24H26N4O3. The van der Waals surface area contributed by atoms with Gasteiger partial charge in [-0.05, 0) is 56.5 Å². The minimum Gasteiger partial charge on any atom is -0.326 e. The number of rotatable bonds is 5. The number of benzene rings is 2. The summed E-state index contributed by atoms with van der Waals surface area (Å²) in [5.41, 5.74) is 5.09. The predicted octanol–water partition coefficient (Wildman–Crippen LogP) is 3.99. The summed E-state index contributed by atoms with van der Waals surface area (Å²) in [7, 11) is 0. The van der Waals surface area contributed by atoms with Crippen LogP contribution in [0.15, 0.2) is 53.3 Å². The van der Waals surface area contributed by atoms with Crippen molar-refractivity contribution >= 4 is 23.2 Å². The lowest BCUT2D eigenvalue weighted by molar-refractivity contribution is -0.119. The smallest absolute Gasteiger partial charge is 0.267 e. The molecule has 1 atom stereocenters. The van der Waals surface area contributed by atoms with Crippen molar-refractivity contribution in [2.75, 3.05) is 10.6 Å². The Kier molecular flexibility index (Phi) is 6.34. The van der Waals surface area contributed by atoms with Crippen LogP contribution < -0.4 is 16.2 Å². The molecule has 2 amide bonds. The maximum atomic E-state index is 12.9. The number of anilines is 2. The molecular weight excluding hydrogens is 392 g/mol. The monoisotopic (exact) mass is 418 g/mol. The molecule has 0 fully saturated rings. The van der Waals surface area contributed by atoms with E-state index in [4.69, 9.17) is 0 Å². The molecule has 3 aromatic rings. The SMILES string of the molecule is CC(=O)Nc1cc(-c2ccc(=O)n([C@H](C)C(=O)Nc3c(C)cccc3C)n2)ccc1C. The third kappa shape index (κ3) is 4.88. The fourth-order valence-corrected chi connectivity index (χ4v) is 3.31. The molecule has 7 nitrogen and oxygen atoms in total. The van der Waals surface area contributed by atoms with Gasteiger partial charge in [-0.25, -0.2) is 4.68 Å². The summed E-state index contributed by atoms with van der Waals surface area (Å²) in [6, 6.07) is 13.5. The summed E-state index contributed by atoms with van der Waals surface area (Å²) in [4.78, 5) is 36.8. The van der Waals surface area contributed by atoms with Gasteiger partial charge in [0.15, 0.2) is 0 Å². The number of hydrogen-bond donors (Lipinski definition) is 2. The van der Waals surface area contributed by atoms with Crippen molar-refractivity contribution in [2.24, 2.45) is 0 Å². The fraction of sp³-hybridized carbons (Fsp3) is 0.250. The highest BCUT2D eigenvalue weighted by Gasteiger charge is 2.19. The van der Waals surface area contributed by atoms with Crippen molar-refractivity contribution in [2.45, 2.75) is 40.7 Å². The maximum Gasteiger partial charge on any atom is 0.267 e. The molecule has 0 aliphatic carbocycles. The summed E-state index contributed by atoms with van der Waals surface area (Å²) in [5, 5.41) is 10.1. The largest absolute Gasteiger partial charge is 0.326 e. The van der Waals surface area contributed by atoms with Crippen molar-refractivity contribution in [1.29, 1.82) is 0 Å². The second-order valence-corrected chi connectivity index (χ2v) is 7.64. The standard InChI is InChI=1S/C24H26N4O3/c1-14-9-10-19(13-21(14)25-18(5)29)20-11-12-22(30)28(27-20)17(4)24(31)26-23-15(2)7-6-8-16(23)3/h6-13,17H,1-5H3,(H,25,29)(H,26,31)/t17-/m1/s1. The van der Waals surface area contributed by atoms with Crippen LogP contribution >= 0.6 is 0 Å². The van der Waals surface area contributed by atoms with Gasteiger partial charge in [0.25, 0.3) is 5.56 Å². The Morgan fingerprint density at radius 3 is 2.26 bits per heavy atom. The Balaban J connectivity index is 1.93. The highest BCUT2D eigenvalue weighted by molar-refractivity contribution is 5.95. The molecule has 3 rings (SSSR count). The van der Waals surface area contributed by atoms with E-state index in [1.165, 1.54) is 17.7 Å². The highest BCUT2D eigenvalue weighted by Crippen LogP contribution is 2.24. The lowest BCUT2D eigenvalue weighted by Gasteiger charge is -2.17. The minimum absolute atomic E-state index is 0.171. The van der Waals surface area contributed by atoms with Crippen molar-refractivity contribution in [1.82, 2.24) is 9.78 Å². The summed E-state index contributed by atoms with van der Waals surface area (Å²) >= 11 is 0. The third-order valence-electron chi connectivity index (χ3n) is 5.14. The van der Waals surface area contributed by atoms with E-state index in [2.05, 4.69) is 15.7 Å².